The number of amides is 1. The van der Waals surface area contributed by atoms with Gasteiger partial charge in [-0.2, -0.15) is 0 Å². The molecule has 0 saturated heterocycles. The first-order valence-electron chi connectivity index (χ1n) is 7.43. The minimum atomic E-state index is -0.504. The number of halogens is 1. The molecule has 130 valence electrons. The molecule has 0 spiro atoms. The Morgan fingerprint density at radius 2 is 1.83 bits per heavy atom. The maximum Gasteiger partial charge on any atom is 0.331 e. The van der Waals surface area contributed by atoms with E-state index in [1.807, 2.05) is 30.3 Å². The van der Waals surface area contributed by atoms with Gasteiger partial charge in [-0.1, -0.05) is 30.3 Å². The third kappa shape index (κ3) is 5.36. The summed E-state index contributed by atoms with van der Waals surface area (Å²) in [6, 6.07) is 10.7. The molecule has 8 heteroatoms. The minimum Gasteiger partial charge on any atom is -0.354 e. The van der Waals surface area contributed by atoms with Crippen molar-refractivity contribution < 1.29 is 4.79 Å². The van der Waals surface area contributed by atoms with Crippen LogP contribution in [0.4, 0.5) is 0 Å². The molecule has 0 radical (unpaired) electrons. The number of carbonyl (C=O) groups excluding carboxylic acids is 1. The Bertz CT molecular complexity index is 771. The summed E-state index contributed by atoms with van der Waals surface area (Å²) in [5.41, 5.74) is 5.29. The Morgan fingerprint density at radius 3 is 2.50 bits per heavy atom. The first kappa shape index (κ1) is 19.7. The molecule has 0 atom stereocenters. The largest absolute Gasteiger partial charge is 0.354 e. The lowest BCUT2D eigenvalue weighted by atomic mass is 10.2. The Balaban J connectivity index is 0.00000288. The maximum atomic E-state index is 12.4. The number of carbonyl (C=O) groups is 1. The summed E-state index contributed by atoms with van der Waals surface area (Å²) < 4.78 is 2.34. The average Bonchev–Trinajstić information content (AvgIpc) is 2.55. The van der Waals surface area contributed by atoms with Gasteiger partial charge < -0.3 is 11.1 Å². The molecule has 24 heavy (non-hydrogen) atoms. The molecule has 0 saturated carbocycles. The number of rotatable bonds is 7. The smallest absolute Gasteiger partial charge is 0.331 e. The summed E-state index contributed by atoms with van der Waals surface area (Å²) in [5, 5.41) is 2.63. The van der Waals surface area contributed by atoms with Crippen LogP contribution in [0, 0.1) is 0 Å². The van der Waals surface area contributed by atoms with Gasteiger partial charge in [-0.15, -0.1) is 12.4 Å². The summed E-state index contributed by atoms with van der Waals surface area (Å²) in [7, 11) is 0. The molecule has 2 aromatic rings. The quantitative estimate of drug-likeness (QED) is 0.682. The molecule has 0 aliphatic rings. The minimum absolute atomic E-state index is 0. The van der Waals surface area contributed by atoms with E-state index in [-0.39, 0.29) is 24.9 Å². The molecule has 2 rings (SSSR count). The van der Waals surface area contributed by atoms with Gasteiger partial charge >= 0.3 is 5.69 Å². The first-order chi connectivity index (χ1) is 11.1. The summed E-state index contributed by atoms with van der Waals surface area (Å²) in [6.45, 7) is 0.942. The van der Waals surface area contributed by atoms with Crippen LogP contribution in [0.5, 0.6) is 0 Å². The van der Waals surface area contributed by atoms with Gasteiger partial charge in [0, 0.05) is 18.8 Å². The lowest BCUT2D eigenvalue weighted by Gasteiger charge is -2.10. The van der Waals surface area contributed by atoms with Crippen molar-refractivity contribution in [1.82, 2.24) is 14.5 Å². The highest BCUT2D eigenvalue weighted by Gasteiger charge is 2.09. The molecule has 0 aliphatic carbocycles. The third-order valence-corrected chi connectivity index (χ3v) is 3.34. The Labute approximate surface area is 145 Å². The van der Waals surface area contributed by atoms with Crippen LogP contribution in [0.25, 0.3) is 0 Å². The topological polar surface area (TPSA) is 99.1 Å². The van der Waals surface area contributed by atoms with Crippen LogP contribution in [0.2, 0.25) is 0 Å². The number of nitrogens with zero attached hydrogens (tertiary/aromatic N) is 2. The molecular formula is C16H21ClN4O3. The van der Waals surface area contributed by atoms with Crippen molar-refractivity contribution in [3.05, 3.63) is 69.0 Å². The second kappa shape index (κ2) is 9.69. The lowest BCUT2D eigenvalue weighted by Crippen LogP contribution is -2.43. The van der Waals surface area contributed by atoms with Gasteiger partial charge in [-0.05, 0) is 18.5 Å². The fraction of sp³-hybridized carbons (Fsp3) is 0.312. The molecule has 1 heterocycles. The maximum absolute atomic E-state index is 12.4. The van der Waals surface area contributed by atoms with Gasteiger partial charge in [-0.25, -0.2) is 4.79 Å². The highest BCUT2D eigenvalue weighted by Crippen LogP contribution is 1.99. The van der Waals surface area contributed by atoms with Crippen molar-refractivity contribution in [2.75, 3.05) is 13.1 Å². The molecule has 0 unspecified atom stereocenters. The second-order valence-corrected chi connectivity index (χ2v) is 5.13. The Hall–Kier alpha value is -2.38. The standard InChI is InChI=1S/C16H20N4O3.ClH/c17-8-4-9-18-14(21)12-20-15(22)7-10-19(16(20)23)11-13-5-2-1-3-6-13;/h1-3,5-7,10H,4,8-9,11-12,17H2,(H,18,21);1H. The highest BCUT2D eigenvalue weighted by atomic mass is 35.5. The van der Waals surface area contributed by atoms with Gasteiger partial charge in [0.05, 0.1) is 6.54 Å². The summed E-state index contributed by atoms with van der Waals surface area (Å²) >= 11 is 0. The van der Waals surface area contributed by atoms with Crippen molar-refractivity contribution in [3.8, 4) is 0 Å². The van der Waals surface area contributed by atoms with Gasteiger partial charge in [0.2, 0.25) is 5.91 Å². The van der Waals surface area contributed by atoms with Gasteiger partial charge in [0.15, 0.2) is 0 Å². The second-order valence-electron chi connectivity index (χ2n) is 5.13. The van der Waals surface area contributed by atoms with Crippen LogP contribution in [0.3, 0.4) is 0 Å². The van der Waals surface area contributed by atoms with Crippen LogP contribution in [-0.4, -0.2) is 28.1 Å². The van der Waals surface area contributed by atoms with E-state index in [4.69, 9.17) is 5.73 Å². The van der Waals surface area contributed by atoms with Crippen molar-refractivity contribution >= 4 is 18.3 Å². The average molecular weight is 353 g/mol. The normalized spacial score (nSPS) is 10.0. The third-order valence-electron chi connectivity index (χ3n) is 3.34. The van der Waals surface area contributed by atoms with Crippen LogP contribution in [-0.2, 0) is 17.9 Å². The number of aromatic nitrogens is 2. The SMILES string of the molecule is Cl.NCCCNC(=O)Cn1c(=O)ccn(Cc2ccccc2)c1=O. The summed E-state index contributed by atoms with van der Waals surface area (Å²) in [6.07, 6.45) is 2.09. The molecule has 0 fully saturated rings. The Kier molecular flexibility index (Phi) is 7.94. The van der Waals surface area contributed by atoms with E-state index in [1.165, 1.54) is 16.8 Å². The van der Waals surface area contributed by atoms with Gasteiger partial charge in [0.25, 0.3) is 5.56 Å². The molecule has 7 nitrogen and oxygen atoms in total. The van der Waals surface area contributed by atoms with Crippen LogP contribution < -0.4 is 22.3 Å². The molecule has 1 aromatic heterocycles. The van der Waals surface area contributed by atoms with Crippen molar-refractivity contribution in [2.24, 2.45) is 5.73 Å². The van der Waals surface area contributed by atoms with Crippen LogP contribution >= 0.6 is 12.4 Å². The monoisotopic (exact) mass is 352 g/mol. The molecule has 0 aliphatic heterocycles. The molecule has 1 aromatic carbocycles. The lowest BCUT2D eigenvalue weighted by molar-refractivity contribution is -0.121. The predicted molar refractivity (Wildman–Crippen MR) is 94.4 cm³/mol. The predicted octanol–water partition coefficient (Wildman–Crippen LogP) is -0.0549. The van der Waals surface area contributed by atoms with E-state index in [0.717, 1.165) is 10.1 Å². The first-order valence-corrected chi connectivity index (χ1v) is 7.43. The molecular weight excluding hydrogens is 332 g/mol. The fourth-order valence-electron chi connectivity index (χ4n) is 2.13. The van der Waals surface area contributed by atoms with E-state index in [0.29, 0.717) is 26.1 Å². The number of benzene rings is 1. The van der Waals surface area contributed by atoms with E-state index in [9.17, 15) is 14.4 Å². The number of nitrogens with one attached hydrogen (secondary N) is 1. The zero-order valence-corrected chi connectivity index (χ0v) is 14.0. The fourth-order valence-corrected chi connectivity index (χ4v) is 2.13. The van der Waals surface area contributed by atoms with Gasteiger partial charge in [-0.3, -0.25) is 18.7 Å². The zero-order valence-electron chi connectivity index (χ0n) is 13.2. The van der Waals surface area contributed by atoms with Gasteiger partial charge in [0.1, 0.15) is 6.54 Å². The van der Waals surface area contributed by atoms with E-state index in [2.05, 4.69) is 5.32 Å². The highest BCUT2D eigenvalue weighted by molar-refractivity contribution is 5.85. The van der Waals surface area contributed by atoms with Crippen LogP contribution in [0.15, 0.2) is 52.2 Å². The van der Waals surface area contributed by atoms with Crippen LogP contribution in [0.1, 0.15) is 12.0 Å². The number of hydrogen-bond donors (Lipinski definition) is 2. The number of hydrogen-bond acceptors (Lipinski definition) is 4. The van der Waals surface area contributed by atoms with E-state index >= 15 is 0 Å². The van der Waals surface area contributed by atoms with Crippen molar-refractivity contribution in [1.29, 1.82) is 0 Å². The van der Waals surface area contributed by atoms with E-state index < -0.39 is 11.2 Å². The molecule has 1 amide bonds. The number of nitrogens with two attached hydrogens (primary N) is 1. The molecule has 0 bridgehead atoms. The summed E-state index contributed by atoms with van der Waals surface area (Å²) in [5.74, 6) is -0.380. The van der Waals surface area contributed by atoms with Crippen molar-refractivity contribution in [3.63, 3.8) is 0 Å². The van der Waals surface area contributed by atoms with Crippen molar-refractivity contribution in [2.45, 2.75) is 19.5 Å². The summed E-state index contributed by atoms with van der Waals surface area (Å²) in [4.78, 5) is 36.0. The van der Waals surface area contributed by atoms with E-state index in [1.54, 1.807) is 0 Å². The zero-order chi connectivity index (χ0) is 16.7. The molecule has 3 N–H and O–H groups in total. The Morgan fingerprint density at radius 1 is 1.12 bits per heavy atom.